The number of ether oxygens (including phenoxy) is 1. The summed E-state index contributed by atoms with van der Waals surface area (Å²) in [7, 11) is 1.58. The summed E-state index contributed by atoms with van der Waals surface area (Å²) in [5.41, 5.74) is 0.785. The third-order valence-electron chi connectivity index (χ3n) is 2.84. The Balaban J connectivity index is 2.39. The van der Waals surface area contributed by atoms with Crippen molar-refractivity contribution in [2.75, 3.05) is 19.0 Å². The van der Waals surface area contributed by atoms with Gasteiger partial charge in [0.15, 0.2) is 5.69 Å². The summed E-state index contributed by atoms with van der Waals surface area (Å²) in [6.07, 6.45) is 2.22. The number of hydrogen-bond donors (Lipinski definition) is 1. The zero-order valence-corrected chi connectivity index (χ0v) is 11.9. The van der Waals surface area contributed by atoms with E-state index >= 15 is 0 Å². The molecule has 0 aliphatic heterocycles. The summed E-state index contributed by atoms with van der Waals surface area (Å²) in [5.74, 6) is 0.919. The summed E-state index contributed by atoms with van der Waals surface area (Å²) < 4.78 is 5.49. The molecule has 110 valence electrons. The van der Waals surface area contributed by atoms with Gasteiger partial charge >= 0.3 is 5.69 Å². The molecule has 21 heavy (non-hydrogen) atoms. The topological polar surface area (TPSA) is 90.2 Å². The molecule has 0 spiro atoms. The lowest BCUT2D eigenvalue weighted by Crippen LogP contribution is -2.03. The fourth-order valence-corrected chi connectivity index (χ4v) is 1.87. The van der Waals surface area contributed by atoms with Crippen molar-refractivity contribution in [3.63, 3.8) is 0 Å². The summed E-state index contributed by atoms with van der Waals surface area (Å²) in [4.78, 5) is 18.7. The summed E-state index contributed by atoms with van der Waals surface area (Å²) >= 11 is 0. The quantitative estimate of drug-likeness (QED) is 0.649. The van der Waals surface area contributed by atoms with Crippen molar-refractivity contribution < 1.29 is 9.66 Å². The van der Waals surface area contributed by atoms with E-state index in [-0.39, 0.29) is 17.2 Å². The molecule has 0 aliphatic carbocycles. The molecule has 2 aromatic rings. The number of nitrogens with zero attached hydrogens (tertiary/aromatic N) is 3. The largest absolute Gasteiger partial charge is 0.494 e. The highest BCUT2D eigenvalue weighted by atomic mass is 16.6. The molecule has 0 radical (unpaired) electrons. The highest BCUT2D eigenvalue weighted by Gasteiger charge is 2.23. The second kappa shape index (κ2) is 6.65. The molecule has 0 aliphatic rings. The molecule has 0 fully saturated rings. The van der Waals surface area contributed by atoms with E-state index in [9.17, 15) is 10.1 Å². The first-order valence-corrected chi connectivity index (χ1v) is 6.57. The lowest BCUT2D eigenvalue weighted by molar-refractivity contribution is -0.383. The predicted octanol–water partition coefficient (Wildman–Crippen LogP) is 2.88. The van der Waals surface area contributed by atoms with Gasteiger partial charge in [-0.05, 0) is 30.7 Å². The minimum absolute atomic E-state index is 0.137. The van der Waals surface area contributed by atoms with Gasteiger partial charge in [-0.1, -0.05) is 6.92 Å². The minimum atomic E-state index is -0.483. The fourth-order valence-electron chi connectivity index (χ4n) is 1.87. The van der Waals surface area contributed by atoms with Crippen LogP contribution < -0.4 is 10.1 Å². The number of benzene rings is 1. The molecule has 1 N–H and O–H groups in total. The van der Waals surface area contributed by atoms with Crippen LogP contribution in [0.1, 0.15) is 13.3 Å². The van der Waals surface area contributed by atoms with Crippen molar-refractivity contribution >= 4 is 11.5 Å². The SMILES string of the molecule is CCCOc1ccc(-c2ncnc(NC)c2[N+](=O)[O-])cc1. The number of anilines is 1. The Labute approximate surface area is 122 Å². The number of aromatic nitrogens is 2. The van der Waals surface area contributed by atoms with Gasteiger partial charge < -0.3 is 10.1 Å². The second-order valence-corrected chi connectivity index (χ2v) is 4.30. The van der Waals surface area contributed by atoms with Gasteiger partial charge in [-0.2, -0.15) is 0 Å². The molecule has 0 unspecified atom stereocenters. The monoisotopic (exact) mass is 288 g/mol. The van der Waals surface area contributed by atoms with E-state index in [1.54, 1.807) is 31.3 Å². The first kappa shape index (κ1) is 14.7. The van der Waals surface area contributed by atoms with E-state index in [4.69, 9.17) is 4.74 Å². The normalized spacial score (nSPS) is 10.2. The number of hydrogen-bond acceptors (Lipinski definition) is 6. The lowest BCUT2D eigenvalue weighted by atomic mass is 10.1. The Bertz CT molecular complexity index is 629. The highest BCUT2D eigenvalue weighted by molar-refractivity contribution is 5.76. The van der Waals surface area contributed by atoms with Crippen LogP contribution in [0.4, 0.5) is 11.5 Å². The molecule has 0 amide bonds. The standard InChI is InChI=1S/C14H16N4O3/c1-3-8-21-11-6-4-10(5-7-11)12-13(18(19)20)14(15-2)17-9-16-12/h4-7,9H,3,8H2,1-2H3,(H,15,16,17). The van der Waals surface area contributed by atoms with Crippen LogP contribution in [0.25, 0.3) is 11.3 Å². The van der Waals surface area contributed by atoms with Gasteiger partial charge in [0.2, 0.25) is 5.82 Å². The van der Waals surface area contributed by atoms with Crippen LogP contribution in [-0.4, -0.2) is 28.5 Å². The Morgan fingerprint density at radius 2 is 2.00 bits per heavy atom. The number of rotatable bonds is 6. The Morgan fingerprint density at radius 1 is 1.29 bits per heavy atom. The molecule has 2 rings (SSSR count). The van der Waals surface area contributed by atoms with Crippen LogP contribution in [-0.2, 0) is 0 Å². The van der Waals surface area contributed by atoms with Crippen LogP contribution in [0.3, 0.4) is 0 Å². The average molecular weight is 288 g/mol. The molecule has 0 atom stereocenters. The molecule has 7 nitrogen and oxygen atoms in total. The van der Waals surface area contributed by atoms with Crippen LogP contribution in [0, 0.1) is 10.1 Å². The van der Waals surface area contributed by atoms with Gasteiger partial charge in [-0.25, -0.2) is 9.97 Å². The fraction of sp³-hybridized carbons (Fsp3) is 0.286. The molecule has 1 heterocycles. The van der Waals surface area contributed by atoms with Gasteiger partial charge in [0.25, 0.3) is 0 Å². The van der Waals surface area contributed by atoms with Crippen molar-refractivity contribution in [1.82, 2.24) is 9.97 Å². The maximum absolute atomic E-state index is 11.2. The molecule has 0 saturated heterocycles. The smallest absolute Gasteiger partial charge is 0.337 e. The van der Waals surface area contributed by atoms with Crippen LogP contribution >= 0.6 is 0 Å². The predicted molar refractivity (Wildman–Crippen MR) is 79.5 cm³/mol. The van der Waals surface area contributed by atoms with Crippen molar-refractivity contribution in [3.05, 3.63) is 40.7 Å². The molecule has 0 bridgehead atoms. The third kappa shape index (κ3) is 3.25. The minimum Gasteiger partial charge on any atom is -0.494 e. The molecule has 1 aromatic carbocycles. The molecular formula is C14H16N4O3. The molecule has 1 aromatic heterocycles. The van der Waals surface area contributed by atoms with E-state index in [1.807, 2.05) is 6.92 Å². The summed E-state index contributed by atoms with van der Waals surface area (Å²) in [5, 5.41) is 14.0. The van der Waals surface area contributed by atoms with Crippen LogP contribution in [0.5, 0.6) is 5.75 Å². The van der Waals surface area contributed by atoms with E-state index in [0.29, 0.717) is 12.2 Å². The van der Waals surface area contributed by atoms with Crippen molar-refractivity contribution in [3.8, 4) is 17.0 Å². The maximum atomic E-state index is 11.2. The first-order valence-electron chi connectivity index (χ1n) is 6.57. The van der Waals surface area contributed by atoms with Gasteiger partial charge in [0, 0.05) is 12.6 Å². The molecule has 7 heteroatoms. The zero-order chi connectivity index (χ0) is 15.2. The summed E-state index contributed by atoms with van der Waals surface area (Å²) in [6.45, 7) is 2.66. The number of nitrogens with one attached hydrogen (secondary N) is 1. The molecule has 0 saturated carbocycles. The van der Waals surface area contributed by atoms with E-state index in [1.165, 1.54) is 6.33 Å². The van der Waals surface area contributed by atoms with Crippen LogP contribution in [0.15, 0.2) is 30.6 Å². The Kier molecular flexibility index (Phi) is 4.65. The van der Waals surface area contributed by atoms with E-state index < -0.39 is 4.92 Å². The van der Waals surface area contributed by atoms with E-state index in [0.717, 1.165) is 12.2 Å². The summed E-state index contributed by atoms with van der Waals surface area (Å²) in [6, 6.07) is 7.05. The Hall–Kier alpha value is -2.70. The Morgan fingerprint density at radius 3 is 2.57 bits per heavy atom. The van der Waals surface area contributed by atoms with Gasteiger partial charge in [0.05, 0.1) is 11.5 Å². The molecular weight excluding hydrogens is 272 g/mol. The van der Waals surface area contributed by atoms with Crippen molar-refractivity contribution in [2.45, 2.75) is 13.3 Å². The van der Waals surface area contributed by atoms with Gasteiger partial charge in [-0.3, -0.25) is 10.1 Å². The highest BCUT2D eigenvalue weighted by Crippen LogP contribution is 2.33. The third-order valence-corrected chi connectivity index (χ3v) is 2.84. The first-order chi connectivity index (χ1) is 10.2. The van der Waals surface area contributed by atoms with Crippen molar-refractivity contribution in [1.29, 1.82) is 0 Å². The van der Waals surface area contributed by atoms with Crippen LogP contribution in [0.2, 0.25) is 0 Å². The van der Waals surface area contributed by atoms with Gasteiger partial charge in [0.1, 0.15) is 12.1 Å². The second-order valence-electron chi connectivity index (χ2n) is 4.30. The van der Waals surface area contributed by atoms with Gasteiger partial charge in [-0.15, -0.1) is 0 Å². The zero-order valence-electron chi connectivity index (χ0n) is 11.9. The number of nitro groups is 1. The van der Waals surface area contributed by atoms with Crippen molar-refractivity contribution in [2.24, 2.45) is 0 Å². The maximum Gasteiger partial charge on any atom is 0.337 e. The average Bonchev–Trinajstić information content (AvgIpc) is 2.52. The lowest BCUT2D eigenvalue weighted by Gasteiger charge is -2.07. The van der Waals surface area contributed by atoms with E-state index in [2.05, 4.69) is 15.3 Å².